The Morgan fingerprint density at radius 1 is 0.862 bits per heavy atom. The second-order valence-corrected chi connectivity index (χ2v) is 6.38. The molecule has 0 aromatic heterocycles. The number of nitrogens with two attached hydrogens (primary N) is 1. The van der Waals surface area contributed by atoms with Crippen molar-refractivity contribution in [3.8, 4) is 11.5 Å². The number of rotatable bonds is 8. The molecule has 0 heterocycles. The summed E-state index contributed by atoms with van der Waals surface area (Å²) < 4.78 is 11.3. The van der Waals surface area contributed by atoms with E-state index >= 15 is 0 Å². The maximum Gasteiger partial charge on any atom is 0.251 e. The summed E-state index contributed by atoms with van der Waals surface area (Å²) in [5, 5.41) is 2.84. The Bertz CT molecular complexity index is 986. The van der Waals surface area contributed by atoms with Crippen LogP contribution in [0.15, 0.2) is 72.8 Å². The van der Waals surface area contributed by atoms with Gasteiger partial charge in [0.1, 0.15) is 6.61 Å². The summed E-state index contributed by atoms with van der Waals surface area (Å²) in [6.07, 6.45) is 0. The van der Waals surface area contributed by atoms with E-state index in [1.165, 1.54) is 12.1 Å². The van der Waals surface area contributed by atoms with Crippen molar-refractivity contribution in [1.29, 1.82) is 0 Å². The summed E-state index contributed by atoms with van der Waals surface area (Å²) in [5.74, 6) is 0.454. The molecule has 0 aliphatic heterocycles. The van der Waals surface area contributed by atoms with Gasteiger partial charge in [-0.2, -0.15) is 0 Å². The van der Waals surface area contributed by atoms with Crippen LogP contribution < -0.4 is 20.5 Å². The second-order valence-electron chi connectivity index (χ2n) is 6.38. The van der Waals surface area contributed by atoms with Gasteiger partial charge in [-0.1, -0.05) is 36.4 Å². The fourth-order valence-electron chi connectivity index (χ4n) is 2.75. The third-order valence-corrected chi connectivity index (χ3v) is 4.35. The molecule has 0 saturated carbocycles. The van der Waals surface area contributed by atoms with Gasteiger partial charge in [-0.3, -0.25) is 9.59 Å². The zero-order valence-electron chi connectivity index (χ0n) is 16.1. The van der Waals surface area contributed by atoms with E-state index in [0.717, 1.165) is 11.1 Å². The molecule has 2 amide bonds. The van der Waals surface area contributed by atoms with Gasteiger partial charge < -0.3 is 20.5 Å². The minimum Gasteiger partial charge on any atom is -0.493 e. The lowest BCUT2D eigenvalue weighted by atomic mass is 10.1. The van der Waals surface area contributed by atoms with Crippen molar-refractivity contribution in [3.05, 3.63) is 95.1 Å². The van der Waals surface area contributed by atoms with Gasteiger partial charge in [-0.05, 0) is 47.5 Å². The van der Waals surface area contributed by atoms with Crippen LogP contribution in [0.25, 0.3) is 0 Å². The fourth-order valence-corrected chi connectivity index (χ4v) is 2.75. The number of carbonyl (C=O) groups excluding carboxylic acids is 2. The molecule has 0 radical (unpaired) electrons. The molecule has 3 rings (SSSR count). The highest BCUT2D eigenvalue weighted by atomic mass is 16.5. The molecule has 0 aliphatic rings. The minimum atomic E-state index is -0.529. The Morgan fingerprint density at radius 2 is 1.55 bits per heavy atom. The van der Waals surface area contributed by atoms with Crippen molar-refractivity contribution < 1.29 is 19.1 Å². The molecular formula is C23H22N2O4. The molecule has 3 N–H and O–H groups in total. The number of primary amides is 1. The lowest BCUT2D eigenvalue weighted by molar-refractivity contribution is 0.0948. The SMILES string of the molecule is COc1cc(CNC(=O)c2ccc(C(N)=O)cc2)ccc1OCc1ccccc1. The lowest BCUT2D eigenvalue weighted by Crippen LogP contribution is -2.23. The Labute approximate surface area is 169 Å². The molecule has 6 nitrogen and oxygen atoms in total. The summed E-state index contributed by atoms with van der Waals surface area (Å²) >= 11 is 0. The molecule has 0 atom stereocenters. The van der Waals surface area contributed by atoms with Crippen LogP contribution >= 0.6 is 0 Å². The number of hydrogen-bond donors (Lipinski definition) is 2. The van der Waals surface area contributed by atoms with Crippen LogP contribution in [0.1, 0.15) is 31.8 Å². The molecular weight excluding hydrogens is 368 g/mol. The Morgan fingerprint density at radius 3 is 2.21 bits per heavy atom. The highest BCUT2D eigenvalue weighted by molar-refractivity contribution is 5.97. The Balaban J connectivity index is 1.60. The van der Waals surface area contributed by atoms with Crippen LogP contribution in [-0.4, -0.2) is 18.9 Å². The number of carbonyl (C=O) groups is 2. The number of nitrogens with one attached hydrogen (secondary N) is 1. The number of amides is 2. The summed E-state index contributed by atoms with van der Waals surface area (Å²) in [6.45, 7) is 0.764. The number of methoxy groups -OCH3 is 1. The Kier molecular flexibility index (Phi) is 6.47. The first kappa shape index (κ1) is 19.9. The van der Waals surface area contributed by atoms with E-state index in [4.69, 9.17) is 15.2 Å². The molecule has 0 saturated heterocycles. The van der Waals surface area contributed by atoms with Crippen molar-refractivity contribution in [3.63, 3.8) is 0 Å². The molecule has 0 spiro atoms. The number of hydrogen-bond acceptors (Lipinski definition) is 4. The van der Waals surface area contributed by atoms with Crippen molar-refractivity contribution in [2.45, 2.75) is 13.2 Å². The predicted molar refractivity (Wildman–Crippen MR) is 110 cm³/mol. The Hall–Kier alpha value is -3.80. The van der Waals surface area contributed by atoms with Gasteiger partial charge in [0.2, 0.25) is 5.91 Å². The van der Waals surface area contributed by atoms with E-state index in [-0.39, 0.29) is 5.91 Å². The lowest BCUT2D eigenvalue weighted by Gasteiger charge is -2.13. The molecule has 148 valence electrons. The van der Waals surface area contributed by atoms with Crippen molar-refractivity contribution in [2.24, 2.45) is 5.73 Å². The van der Waals surface area contributed by atoms with Crippen LogP contribution in [0, 0.1) is 0 Å². The maximum atomic E-state index is 12.3. The molecule has 0 aliphatic carbocycles. The van der Waals surface area contributed by atoms with Crippen molar-refractivity contribution >= 4 is 11.8 Å². The van der Waals surface area contributed by atoms with E-state index in [0.29, 0.717) is 35.8 Å². The van der Waals surface area contributed by atoms with E-state index in [2.05, 4.69) is 5.32 Å². The third kappa shape index (κ3) is 5.35. The second kappa shape index (κ2) is 9.41. The average molecular weight is 390 g/mol. The van der Waals surface area contributed by atoms with E-state index < -0.39 is 5.91 Å². The standard InChI is InChI=1S/C23H22N2O4/c1-28-21-13-17(7-12-20(21)29-15-16-5-3-2-4-6-16)14-25-23(27)19-10-8-18(9-11-19)22(24)26/h2-13H,14-15H2,1H3,(H2,24,26)(H,25,27). The van der Waals surface area contributed by atoms with Crippen LogP contribution in [0.3, 0.4) is 0 Å². The molecule has 29 heavy (non-hydrogen) atoms. The third-order valence-electron chi connectivity index (χ3n) is 4.35. The van der Waals surface area contributed by atoms with E-state index in [9.17, 15) is 9.59 Å². The number of ether oxygens (including phenoxy) is 2. The highest BCUT2D eigenvalue weighted by Gasteiger charge is 2.09. The average Bonchev–Trinajstić information content (AvgIpc) is 2.77. The topological polar surface area (TPSA) is 90.6 Å². The highest BCUT2D eigenvalue weighted by Crippen LogP contribution is 2.28. The fraction of sp³-hybridized carbons (Fsp3) is 0.130. The first-order valence-electron chi connectivity index (χ1n) is 9.08. The molecule has 6 heteroatoms. The maximum absolute atomic E-state index is 12.3. The summed E-state index contributed by atoms with van der Waals surface area (Å²) in [5.41, 5.74) is 7.95. The largest absolute Gasteiger partial charge is 0.493 e. The van der Waals surface area contributed by atoms with E-state index in [1.807, 2.05) is 48.5 Å². The summed E-state index contributed by atoms with van der Waals surface area (Å²) in [6, 6.07) is 21.6. The summed E-state index contributed by atoms with van der Waals surface area (Å²) in [4.78, 5) is 23.4. The summed E-state index contributed by atoms with van der Waals surface area (Å²) in [7, 11) is 1.58. The van der Waals surface area contributed by atoms with Crippen LogP contribution in [-0.2, 0) is 13.2 Å². The van der Waals surface area contributed by atoms with Crippen molar-refractivity contribution in [1.82, 2.24) is 5.32 Å². The van der Waals surface area contributed by atoms with Crippen molar-refractivity contribution in [2.75, 3.05) is 7.11 Å². The van der Waals surface area contributed by atoms with Gasteiger partial charge in [-0.25, -0.2) is 0 Å². The first-order chi connectivity index (χ1) is 14.1. The van der Waals surface area contributed by atoms with Gasteiger partial charge in [0.15, 0.2) is 11.5 Å². The van der Waals surface area contributed by atoms with Crippen LogP contribution in [0.4, 0.5) is 0 Å². The molecule has 0 bridgehead atoms. The zero-order chi connectivity index (χ0) is 20.6. The normalized spacial score (nSPS) is 10.2. The smallest absolute Gasteiger partial charge is 0.251 e. The molecule has 0 fully saturated rings. The predicted octanol–water partition coefficient (Wildman–Crippen LogP) is 3.30. The molecule has 3 aromatic rings. The quantitative estimate of drug-likeness (QED) is 0.617. The first-order valence-corrected chi connectivity index (χ1v) is 9.08. The van der Waals surface area contributed by atoms with Gasteiger partial charge in [0, 0.05) is 17.7 Å². The molecule has 3 aromatic carbocycles. The van der Waals surface area contributed by atoms with Gasteiger partial charge in [0.05, 0.1) is 7.11 Å². The number of benzene rings is 3. The zero-order valence-corrected chi connectivity index (χ0v) is 16.1. The minimum absolute atomic E-state index is 0.246. The van der Waals surface area contributed by atoms with E-state index in [1.54, 1.807) is 19.2 Å². The van der Waals surface area contributed by atoms with Gasteiger partial charge in [-0.15, -0.1) is 0 Å². The van der Waals surface area contributed by atoms with Gasteiger partial charge in [0.25, 0.3) is 5.91 Å². The van der Waals surface area contributed by atoms with Gasteiger partial charge >= 0.3 is 0 Å². The molecule has 0 unspecified atom stereocenters. The van der Waals surface area contributed by atoms with Crippen LogP contribution in [0.5, 0.6) is 11.5 Å². The van der Waals surface area contributed by atoms with Crippen LogP contribution in [0.2, 0.25) is 0 Å². The monoisotopic (exact) mass is 390 g/mol.